The largest absolute Gasteiger partial charge is 0.490 e. The van der Waals surface area contributed by atoms with Crippen molar-refractivity contribution in [3.8, 4) is 5.75 Å². The molecule has 2 aromatic rings. The summed E-state index contributed by atoms with van der Waals surface area (Å²) >= 11 is 1.67. The number of nitrogens with zero attached hydrogens (tertiary/aromatic N) is 2. The second-order valence-corrected chi connectivity index (χ2v) is 8.54. The van der Waals surface area contributed by atoms with Crippen LogP contribution >= 0.6 is 11.3 Å². The molecule has 1 aromatic heterocycles. The second kappa shape index (κ2) is 9.37. The minimum Gasteiger partial charge on any atom is -0.490 e. The maximum Gasteiger partial charge on any atom is 0.192 e. The minimum atomic E-state index is -0.317. The Morgan fingerprint density at radius 2 is 2.18 bits per heavy atom. The van der Waals surface area contributed by atoms with E-state index >= 15 is 0 Å². The van der Waals surface area contributed by atoms with Gasteiger partial charge in [-0.3, -0.25) is 0 Å². The van der Waals surface area contributed by atoms with Gasteiger partial charge in [0.2, 0.25) is 0 Å². The Morgan fingerprint density at radius 1 is 1.39 bits per heavy atom. The van der Waals surface area contributed by atoms with Crippen molar-refractivity contribution in [2.45, 2.75) is 53.1 Å². The summed E-state index contributed by atoms with van der Waals surface area (Å²) in [5.41, 5.74) is 1.91. The quantitative estimate of drug-likeness (QED) is 0.502. The molecule has 1 atom stereocenters. The van der Waals surface area contributed by atoms with Gasteiger partial charge in [-0.2, -0.15) is 0 Å². The lowest BCUT2D eigenvalue weighted by Crippen LogP contribution is -2.38. The van der Waals surface area contributed by atoms with Gasteiger partial charge in [0, 0.05) is 11.4 Å². The lowest BCUT2D eigenvalue weighted by atomic mass is 10.1. The van der Waals surface area contributed by atoms with Gasteiger partial charge in [0.15, 0.2) is 17.5 Å². The molecule has 2 N–H and O–H groups in total. The zero-order chi connectivity index (χ0) is 20.1. The van der Waals surface area contributed by atoms with Crippen molar-refractivity contribution in [1.29, 1.82) is 0 Å². The van der Waals surface area contributed by atoms with Crippen molar-refractivity contribution in [3.05, 3.63) is 45.2 Å². The van der Waals surface area contributed by atoms with E-state index in [4.69, 9.17) is 4.74 Å². The molecular formula is C21H29FN4OS. The molecule has 1 aliphatic rings. The Balaban J connectivity index is 1.62. The van der Waals surface area contributed by atoms with Gasteiger partial charge in [-0.15, -0.1) is 11.3 Å². The lowest BCUT2D eigenvalue weighted by molar-refractivity contribution is 0.285. The fourth-order valence-corrected chi connectivity index (χ4v) is 3.62. The van der Waals surface area contributed by atoms with E-state index in [0.717, 1.165) is 22.8 Å². The minimum absolute atomic E-state index is 0.0930. The van der Waals surface area contributed by atoms with Crippen LogP contribution in [0.1, 0.15) is 53.9 Å². The number of aromatic nitrogens is 1. The fourth-order valence-electron chi connectivity index (χ4n) is 2.76. The number of aryl methyl sites for hydroxylation is 2. The van der Waals surface area contributed by atoms with Crippen LogP contribution in [0.25, 0.3) is 0 Å². The van der Waals surface area contributed by atoms with Crippen molar-refractivity contribution < 1.29 is 9.13 Å². The topological polar surface area (TPSA) is 58.5 Å². The molecule has 5 nitrogen and oxygen atoms in total. The standard InChI is InChI=1S/C21H29FN4OS/c1-5-23-21(24-11-20-25-13(2)15(4)28-20)26-14(3)17-8-9-19(18(22)10-17)27-12-16-6-7-16/h8-10,14,16H,5-7,11-12H2,1-4H3,(H2,23,24,26). The molecule has 7 heteroatoms. The van der Waals surface area contributed by atoms with Crippen LogP contribution in [0.4, 0.5) is 4.39 Å². The first-order valence-electron chi connectivity index (χ1n) is 9.86. The van der Waals surface area contributed by atoms with Gasteiger partial charge in [-0.05, 0) is 64.2 Å². The highest BCUT2D eigenvalue weighted by Crippen LogP contribution is 2.30. The Hall–Kier alpha value is -2.15. The average molecular weight is 405 g/mol. The number of hydrogen-bond donors (Lipinski definition) is 2. The van der Waals surface area contributed by atoms with Crippen LogP contribution in [0.15, 0.2) is 23.2 Å². The molecule has 3 rings (SSSR count). The zero-order valence-electron chi connectivity index (χ0n) is 17.0. The number of thiazole rings is 1. The molecule has 1 aliphatic carbocycles. The monoisotopic (exact) mass is 404 g/mol. The summed E-state index contributed by atoms with van der Waals surface area (Å²) in [7, 11) is 0. The van der Waals surface area contributed by atoms with Crippen LogP contribution in [0, 0.1) is 25.6 Å². The normalized spacial score (nSPS) is 15.4. The van der Waals surface area contributed by atoms with Crippen LogP contribution in [-0.4, -0.2) is 24.1 Å². The van der Waals surface area contributed by atoms with E-state index in [1.54, 1.807) is 17.4 Å². The molecule has 152 valence electrons. The third-order valence-electron chi connectivity index (χ3n) is 4.77. The number of benzene rings is 1. The molecule has 0 saturated heterocycles. The summed E-state index contributed by atoms with van der Waals surface area (Å²) in [5.74, 6) is 1.30. The second-order valence-electron chi connectivity index (χ2n) is 7.25. The highest BCUT2D eigenvalue weighted by Gasteiger charge is 2.22. The van der Waals surface area contributed by atoms with Crippen molar-refractivity contribution in [2.24, 2.45) is 10.9 Å². The van der Waals surface area contributed by atoms with Gasteiger partial charge in [-0.25, -0.2) is 14.4 Å². The number of ether oxygens (including phenoxy) is 1. The van der Waals surface area contributed by atoms with E-state index in [0.29, 0.717) is 30.8 Å². The van der Waals surface area contributed by atoms with Crippen LogP contribution < -0.4 is 15.4 Å². The van der Waals surface area contributed by atoms with E-state index in [1.807, 2.05) is 26.8 Å². The number of aliphatic imine (C=N–C) groups is 1. The Kier molecular flexibility index (Phi) is 6.88. The van der Waals surface area contributed by atoms with E-state index in [1.165, 1.54) is 23.8 Å². The van der Waals surface area contributed by atoms with E-state index in [2.05, 4.69) is 27.5 Å². The SMILES string of the molecule is CCNC(=NCc1nc(C)c(C)s1)NC(C)c1ccc(OCC2CC2)c(F)c1. The maximum absolute atomic E-state index is 14.4. The van der Waals surface area contributed by atoms with E-state index < -0.39 is 0 Å². The Labute approximate surface area is 170 Å². The smallest absolute Gasteiger partial charge is 0.192 e. The van der Waals surface area contributed by atoms with Crippen LogP contribution in [0.5, 0.6) is 5.75 Å². The molecule has 0 bridgehead atoms. The molecule has 1 aromatic carbocycles. The number of rotatable bonds is 8. The molecule has 0 aliphatic heterocycles. The summed E-state index contributed by atoms with van der Waals surface area (Å²) in [4.78, 5) is 10.4. The Bertz CT molecular complexity index is 812. The summed E-state index contributed by atoms with van der Waals surface area (Å²) in [6.45, 7) is 9.96. The number of halogens is 1. The molecule has 0 spiro atoms. The van der Waals surface area contributed by atoms with Crippen molar-refractivity contribution in [1.82, 2.24) is 15.6 Å². The van der Waals surface area contributed by atoms with Crippen molar-refractivity contribution in [3.63, 3.8) is 0 Å². The maximum atomic E-state index is 14.4. The molecule has 0 radical (unpaired) electrons. The molecular weight excluding hydrogens is 375 g/mol. The van der Waals surface area contributed by atoms with Crippen molar-refractivity contribution >= 4 is 17.3 Å². The van der Waals surface area contributed by atoms with E-state index in [-0.39, 0.29) is 11.9 Å². The lowest BCUT2D eigenvalue weighted by Gasteiger charge is -2.19. The number of guanidine groups is 1. The molecule has 1 heterocycles. The highest BCUT2D eigenvalue weighted by atomic mass is 32.1. The van der Waals surface area contributed by atoms with Crippen molar-refractivity contribution in [2.75, 3.05) is 13.2 Å². The number of nitrogens with one attached hydrogen (secondary N) is 2. The first-order chi connectivity index (χ1) is 13.5. The molecule has 0 amide bonds. The van der Waals surface area contributed by atoms with Gasteiger partial charge in [0.25, 0.3) is 0 Å². The first kappa shape index (κ1) is 20.6. The predicted octanol–water partition coefficient (Wildman–Crippen LogP) is 4.50. The van der Waals surface area contributed by atoms with Crippen LogP contribution in [0.2, 0.25) is 0 Å². The summed E-state index contributed by atoms with van der Waals surface area (Å²) < 4.78 is 19.9. The summed E-state index contributed by atoms with van der Waals surface area (Å²) in [5, 5.41) is 7.57. The van der Waals surface area contributed by atoms with Gasteiger partial charge in [0.1, 0.15) is 5.01 Å². The predicted molar refractivity (Wildman–Crippen MR) is 113 cm³/mol. The molecule has 28 heavy (non-hydrogen) atoms. The Morgan fingerprint density at radius 3 is 2.79 bits per heavy atom. The zero-order valence-corrected chi connectivity index (χ0v) is 17.8. The van der Waals surface area contributed by atoms with Gasteiger partial charge >= 0.3 is 0 Å². The third kappa shape index (κ3) is 5.67. The summed E-state index contributed by atoms with van der Waals surface area (Å²) in [6.07, 6.45) is 2.38. The van der Waals surface area contributed by atoms with Gasteiger partial charge in [0.05, 0.1) is 24.9 Å². The third-order valence-corrected chi connectivity index (χ3v) is 5.83. The molecule has 1 fully saturated rings. The van der Waals surface area contributed by atoms with Gasteiger partial charge < -0.3 is 15.4 Å². The number of hydrogen-bond acceptors (Lipinski definition) is 4. The van der Waals surface area contributed by atoms with Crippen LogP contribution in [-0.2, 0) is 6.54 Å². The fraction of sp³-hybridized carbons (Fsp3) is 0.524. The average Bonchev–Trinajstić information content (AvgIpc) is 3.43. The summed E-state index contributed by atoms with van der Waals surface area (Å²) in [6, 6.07) is 5.07. The molecule has 1 saturated carbocycles. The van der Waals surface area contributed by atoms with Gasteiger partial charge in [-0.1, -0.05) is 6.07 Å². The molecule has 1 unspecified atom stereocenters. The van der Waals surface area contributed by atoms with E-state index in [9.17, 15) is 4.39 Å². The first-order valence-corrected chi connectivity index (χ1v) is 10.7. The highest BCUT2D eigenvalue weighted by molar-refractivity contribution is 7.11. The van der Waals surface area contributed by atoms with Crippen LogP contribution in [0.3, 0.4) is 0 Å².